The number of hydrogen-bond acceptors (Lipinski definition) is 3. The molecule has 0 aliphatic rings. The first kappa shape index (κ1) is 29.6. The Morgan fingerprint density at radius 2 is 1.12 bits per heavy atom. The van der Waals surface area contributed by atoms with Gasteiger partial charge in [-0.1, -0.05) is 69.2 Å². The second-order valence-corrected chi connectivity index (χ2v) is 9.09. The monoisotopic (exact) mass is 360 g/mol. The molecule has 25 heavy (non-hydrogen) atoms. The van der Waals surface area contributed by atoms with Gasteiger partial charge in [0, 0.05) is 24.7 Å². The topological polar surface area (TPSA) is 33.3 Å². The molecule has 0 fully saturated rings. The molecule has 0 bridgehead atoms. The Kier molecular flexibility index (Phi) is 22.1. The summed E-state index contributed by atoms with van der Waals surface area (Å²) in [5.41, 5.74) is 0. The maximum Gasteiger partial charge on any atom is 0.0518 e. The minimum atomic E-state index is 0.386. The molecular formula is C22H52N2O. The van der Waals surface area contributed by atoms with Crippen molar-refractivity contribution < 1.29 is 4.74 Å². The molecule has 156 valence electrons. The van der Waals surface area contributed by atoms with E-state index in [0.29, 0.717) is 30.1 Å². The second kappa shape index (κ2) is 18.7. The molecule has 0 amide bonds. The van der Waals surface area contributed by atoms with E-state index in [2.05, 4.69) is 101 Å². The fourth-order valence-electron chi connectivity index (χ4n) is 1.57. The van der Waals surface area contributed by atoms with Crippen molar-refractivity contribution >= 4 is 0 Å². The van der Waals surface area contributed by atoms with Crippen LogP contribution < -0.4 is 10.6 Å². The summed E-state index contributed by atoms with van der Waals surface area (Å²) in [5.74, 6) is 2.18. The Hall–Kier alpha value is -0.120. The predicted octanol–water partition coefficient (Wildman–Crippen LogP) is 5.74. The van der Waals surface area contributed by atoms with Gasteiger partial charge in [0.15, 0.2) is 0 Å². The largest absolute Gasteiger partial charge is 0.379 e. The summed E-state index contributed by atoms with van der Waals surface area (Å²) in [4.78, 5) is 0. The summed E-state index contributed by atoms with van der Waals surface area (Å²) < 4.78 is 5.30. The maximum absolute atomic E-state index is 5.30. The molecule has 0 saturated heterocycles. The SMILES string of the molecule is CC(C)CNC(C)C.CC(C)COC(C)C.CC(C)NC(C)C(C)C. The lowest BCUT2D eigenvalue weighted by molar-refractivity contribution is 0.0593. The lowest BCUT2D eigenvalue weighted by atomic mass is 10.1. The molecule has 2 N–H and O–H groups in total. The van der Waals surface area contributed by atoms with Crippen LogP contribution >= 0.6 is 0 Å². The second-order valence-electron chi connectivity index (χ2n) is 9.09. The molecule has 0 aromatic heterocycles. The van der Waals surface area contributed by atoms with Gasteiger partial charge in [0.05, 0.1) is 6.10 Å². The smallest absolute Gasteiger partial charge is 0.0518 e. The Morgan fingerprint density at radius 3 is 1.24 bits per heavy atom. The molecule has 1 atom stereocenters. The van der Waals surface area contributed by atoms with Crippen molar-refractivity contribution in [1.29, 1.82) is 0 Å². The van der Waals surface area contributed by atoms with E-state index in [1.807, 2.05) is 0 Å². The van der Waals surface area contributed by atoms with E-state index in [1.165, 1.54) is 0 Å². The minimum Gasteiger partial charge on any atom is -0.379 e. The zero-order valence-electron chi connectivity index (χ0n) is 19.9. The van der Waals surface area contributed by atoms with Crippen LogP contribution in [0.5, 0.6) is 0 Å². The summed E-state index contributed by atoms with van der Waals surface area (Å²) in [6, 6.07) is 1.89. The van der Waals surface area contributed by atoms with Crippen LogP contribution in [0.3, 0.4) is 0 Å². The van der Waals surface area contributed by atoms with Crippen molar-refractivity contribution in [3.8, 4) is 0 Å². The molecule has 0 aromatic rings. The quantitative estimate of drug-likeness (QED) is 0.550. The lowest BCUT2D eigenvalue weighted by Crippen LogP contribution is -2.35. The van der Waals surface area contributed by atoms with Crippen molar-refractivity contribution in [2.24, 2.45) is 17.8 Å². The van der Waals surface area contributed by atoms with Crippen molar-refractivity contribution in [2.75, 3.05) is 13.2 Å². The van der Waals surface area contributed by atoms with E-state index in [1.54, 1.807) is 0 Å². The van der Waals surface area contributed by atoms with Crippen LogP contribution in [0.25, 0.3) is 0 Å². The molecule has 0 radical (unpaired) electrons. The first-order chi connectivity index (χ1) is 11.3. The van der Waals surface area contributed by atoms with Gasteiger partial charge < -0.3 is 15.4 Å². The number of rotatable bonds is 9. The van der Waals surface area contributed by atoms with Crippen LogP contribution in [0.15, 0.2) is 0 Å². The highest BCUT2D eigenvalue weighted by Gasteiger charge is 2.06. The van der Waals surface area contributed by atoms with Crippen LogP contribution in [-0.4, -0.2) is 37.4 Å². The van der Waals surface area contributed by atoms with Gasteiger partial charge in [-0.2, -0.15) is 0 Å². The van der Waals surface area contributed by atoms with Gasteiger partial charge in [0.1, 0.15) is 0 Å². The minimum absolute atomic E-state index is 0.386. The third-order valence-electron chi connectivity index (χ3n) is 3.29. The van der Waals surface area contributed by atoms with Gasteiger partial charge in [-0.15, -0.1) is 0 Å². The average Bonchev–Trinajstić information content (AvgIpc) is 2.43. The molecule has 0 aromatic carbocycles. The van der Waals surface area contributed by atoms with E-state index >= 15 is 0 Å². The summed E-state index contributed by atoms with van der Waals surface area (Å²) in [5, 5.41) is 6.79. The number of hydrogen-bond donors (Lipinski definition) is 2. The molecule has 1 unspecified atom stereocenters. The first-order valence-corrected chi connectivity index (χ1v) is 10.4. The van der Waals surface area contributed by atoms with E-state index in [9.17, 15) is 0 Å². The standard InChI is InChI=1S/C8H19N.C7H17N.C7H16O/c1-6(2)8(5)9-7(3)4;2*1-6(2)5-8-7(3)4/h6-9H,1-5H3;6-8H,5H2,1-4H3;6-7H,5H2,1-4H3. The van der Waals surface area contributed by atoms with Crippen molar-refractivity contribution in [2.45, 2.75) is 114 Å². The van der Waals surface area contributed by atoms with Gasteiger partial charge in [-0.05, 0) is 45.1 Å². The van der Waals surface area contributed by atoms with E-state index < -0.39 is 0 Å². The lowest BCUT2D eigenvalue weighted by Gasteiger charge is -2.19. The predicted molar refractivity (Wildman–Crippen MR) is 116 cm³/mol. The van der Waals surface area contributed by atoms with Crippen LogP contribution in [0, 0.1) is 17.8 Å². The summed E-state index contributed by atoms with van der Waals surface area (Å²) >= 11 is 0. The first-order valence-electron chi connectivity index (χ1n) is 10.4. The highest BCUT2D eigenvalue weighted by Crippen LogP contribution is 2.00. The molecule has 0 aliphatic carbocycles. The Labute approximate surface area is 161 Å². The normalized spacial score (nSPS) is 12.6. The molecule has 0 rings (SSSR count). The zero-order chi connectivity index (χ0) is 20.6. The third-order valence-corrected chi connectivity index (χ3v) is 3.29. The highest BCUT2D eigenvalue weighted by atomic mass is 16.5. The number of ether oxygens (including phenoxy) is 1. The summed E-state index contributed by atoms with van der Waals surface area (Å²) in [6.07, 6.45) is 0.386. The molecule has 0 spiro atoms. The average molecular weight is 361 g/mol. The maximum atomic E-state index is 5.30. The third kappa shape index (κ3) is 35.8. The van der Waals surface area contributed by atoms with Crippen molar-refractivity contribution in [1.82, 2.24) is 10.6 Å². The van der Waals surface area contributed by atoms with Crippen LogP contribution in [0.1, 0.15) is 90.0 Å². The van der Waals surface area contributed by atoms with Gasteiger partial charge in [-0.3, -0.25) is 0 Å². The van der Waals surface area contributed by atoms with E-state index in [-0.39, 0.29) is 0 Å². The van der Waals surface area contributed by atoms with Gasteiger partial charge >= 0.3 is 0 Å². The zero-order valence-corrected chi connectivity index (χ0v) is 19.9. The van der Waals surface area contributed by atoms with Crippen LogP contribution in [-0.2, 0) is 4.74 Å². The van der Waals surface area contributed by atoms with Gasteiger partial charge in [-0.25, -0.2) is 0 Å². The van der Waals surface area contributed by atoms with Crippen molar-refractivity contribution in [3.63, 3.8) is 0 Å². The van der Waals surface area contributed by atoms with Crippen LogP contribution in [0.4, 0.5) is 0 Å². The molecule has 3 nitrogen and oxygen atoms in total. The van der Waals surface area contributed by atoms with Crippen LogP contribution in [0.2, 0.25) is 0 Å². The molecule has 0 saturated carbocycles. The Morgan fingerprint density at radius 1 is 0.640 bits per heavy atom. The number of nitrogens with one attached hydrogen (secondary N) is 2. The summed E-state index contributed by atoms with van der Waals surface area (Å²) in [7, 11) is 0. The molecule has 3 heteroatoms. The van der Waals surface area contributed by atoms with Gasteiger partial charge in [0.2, 0.25) is 0 Å². The molecule has 0 heterocycles. The van der Waals surface area contributed by atoms with E-state index in [0.717, 1.165) is 25.0 Å². The van der Waals surface area contributed by atoms with E-state index in [4.69, 9.17) is 4.74 Å². The molecule has 0 aliphatic heterocycles. The fourth-order valence-corrected chi connectivity index (χ4v) is 1.57. The molecular weight excluding hydrogens is 308 g/mol. The van der Waals surface area contributed by atoms with Gasteiger partial charge in [0.25, 0.3) is 0 Å². The Balaban J connectivity index is -0.000000291. The Bertz CT molecular complexity index is 216. The highest BCUT2D eigenvalue weighted by molar-refractivity contribution is 4.66. The summed E-state index contributed by atoms with van der Waals surface area (Å²) in [6.45, 7) is 30.3. The van der Waals surface area contributed by atoms with Crippen molar-refractivity contribution in [3.05, 3.63) is 0 Å². The fraction of sp³-hybridized carbons (Fsp3) is 1.00.